The van der Waals surface area contributed by atoms with Crippen LogP contribution in [0, 0.1) is 0 Å². The van der Waals surface area contributed by atoms with E-state index in [-0.39, 0.29) is 11.6 Å². The summed E-state index contributed by atoms with van der Waals surface area (Å²) in [7, 11) is -1.59. The SMILES string of the molecule is Cn1nc(N2CCCCC2CNS(C)(=O)=O)ccc1=O. The van der Waals surface area contributed by atoms with Crippen molar-refractivity contribution in [2.75, 3.05) is 24.2 Å². The van der Waals surface area contributed by atoms with Crippen molar-refractivity contribution in [2.45, 2.75) is 25.3 Å². The molecule has 0 saturated carbocycles. The molecule has 112 valence electrons. The van der Waals surface area contributed by atoms with Crippen LogP contribution in [0.2, 0.25) is 0 Å². The zero-order valence-electron chi connectivity index (χ0n) is 11.7. The summed E-state index contributed by atoms with van der Waals surface area (Å²) >= 11 is 0. The van der Waals surface area contributed by atoms with Gasteiger partial charge in [0.1, 0.15) is 5.82 Å². The van der Waals surface area contributed by atoms with Gasteiger partial charge in [-0.25, -0.2) is 17.8 Å². The lowest BCUT2D eigenvalue weighted by molar-refractivity contribution is 0.446. The minimum atomic E-state index is -3.20. The maximum Gasteiger partial charge on any atom is 0.266 e. The number of hydrogen-bond donors (Lipinski definition) is 1. The summed E-state index contributed by atoms with van der Waals surface area (Å²) < 4.78 is 26.3. The minimum Gasteiger partial charge on any atom is -0.351 e. The van der Waals surface area contributed by atoms with Crippen LogP contribution in [0.25, 0.3) is 0 Å². The Balaban J connectivity index is 2.17. The van der Waals surface area contributed by atoms with Gasteiger partial charge in [-0.3, -0.25) is 4.79 Å². The third-order valence-electron chi connectivity index (χ3n) is 3.45. The summed E-state index contributed by atoms with van der Waals surface area (Å²) in [6.45, 7) is 1.19. The zero-order valence-corrected chi connectivity index (χ0v) is 12.6. The van der Waals surface area contributed by atoms with Crippen molar-refractivity contribution in [1.29, 1.82) is 0 Å². The minimum absolute atomic E-state index is 0.0727. The predicted molar refractivity (Wildman–Crippen MR) is 77.3 cm³/mol. The summed E-state index contributed by atoms with van der Waals surface area (Å²) in [6, 6.07) is 3.25. The van der Waals surface area contributed by atoms with Crippen LogP contribution in [0.3, 0.4) is 0 Å². The van der Waals surface area contributed by atoms with Gasteiger partial charge in [0.2, 0.25) is 10.0 Å². The fourth-order valence-corrected chi connectivity index (χ4v) is 2.90. The molecule has 0 aromatic carbocycles. The van der Waals surface area contributed by atoms with Crippen LogP contribution in [-0.2, 0) is 17.1 Å². The largest absolute Gasteiger partial charge is 0.351 e. The first-order valence-electron chi connectivity index (χ1n) is 6.62. The van der Waals surface area contributed by atoms with E-state index >= 15 is 0 Å². The van der Waals surface area contributed by atoms with E-state index in [0.717, 1.165) is 32.1 Å². The molecule has 7 nitrogen and oxygen atoms in total. The first-order valence-corrected chi connectivity index (χ1v) is 8.51. The van der Waals surface area contributed by atoms with Gasteiger partial charge in [0.25, 0.3) is 5.56 Å². The Labute approximate surface area is 118 Å². The van der Waals surface area contributed by atoms with E-state index in [4.69, 9.17) is 0 Å². The Morgan fingerprint density at radius 1 is 1.40 bits per heavy atom. The van der Waals surface area contributed by atoms with Crippen molar-refractivity contribution in [3.63, 3.8) is 0 Å². The van der Waals surface area contributed by atoms with Crippen LogP contribution in [0.15, 0.2) is 16.9 Å². The number of aromatic nitrogens is 2. The number of rotatable bonds is 4. The van der Waals surface area contributed by atoms with E-state index in [1.165, 1.54) is 10.7 Å². The van der Waals surface area contributed by atoms with Gasteiger partial charge in [0, 0.05) is 32.2 Å². The van der Waals surface area contributed by atoms with E-state index in [1.807, 2.05) is 0 Å². The molecule has 20 heavy (non-hydrogen) atoms. The average Bonchev–Trinajstić information content (AvgIpc) is 2.39. The summed E-state index contributed by atoms with van der Waals surface area (Å²) in [5.74, 6) is 0.715. The van der Waals surface area contributed by atoms with E-state index < -0.39 is 10.0 Å². The maximum absolute atomic E-state index is 11.4. The number of hydrogen-bond acceptors (Lipinski definition) is 5. The van der Waals surface area contributed by atoms with Crippen LogP contribution < -0.4 is 15.2 Å². The Bertz CT molecular complexity index is 626. The van der Waals surface area contributed by atoms with Crippen LogP contribution in [-0.4, -0.2) is 43.6 Å². The lowest BCUT2D eigenvalue weighted by Gasteiger charge is -2.36. The normalized spacial score (nSPS) is 20.1. The molecular weight excluding hydrogens is 280 g/mol. The van der Waals surface area contributed by atoms with Crippen molar-refractivity contribution < 1.29 is 8.42 Å². The standard InChI is InChI=1S/C12H20N4O3S/c1-15-12(17)7-6-11(14-15)16-8-4-3-5-10(16)9-13-20(2,18)19/h6-7,10,13H,3-5,8-9H2,1-2H3. The number of nitrogens with zero attached hydrogens (tertiary/aromatic N) is 3. The molecule has 1 fully saturated rings. The van der Waals surface area contributed by atoms with Crippen LogP contribution in [0.1, 0.15) is 19.3 Å². The highest BCUT2D eigenvalue weighted by Gasteiger charge is 2.24. The second kappa shape index (κ2) is 5.92. The third kappa shape index (κ3) is 3.80. The highest BCUT2D eigenvalue weighted by molar-refractivity contribution is 7.88. The molecule has 8 heteroatoms. The molecule has 1 N–H and O–H groups in total. The molecule has 2 heterocycles. The van der Waals surface area contributed by atoms with Gasteiger partial charge in [0.05, 0.1) is 6.26 Å². The van der Waals surface area contributed by atoms with Gasteiger partial charge in [0.15, 0.2) is 0 Å². The summed E-state index contributed by atoms with van der Waals surface area (Å²) in [5.41, 5.74) is -0.156. The van der Waals surface area contributed by atoms with Gasteiger partial charge >= 0.3 is 0 Å². The highest BCUT2D eigenvalue weighted by Crippen LogP contribution is 2.21. The Hall–Kier alpha value is -1.41. The molecule has 0 aliphatic carbocycles. The Morgan fingerprint density at radius 3 is 2.80 bits per heavy atom. The zero-order chi connectivity index (χ0) is 14.8. The number of nitrogens with one attached hydrogen (secondary N) is 1. The van der Waals surface area contributed by atoms with Crippen molar-refractivity contribution in [1.82, 2.24) is 14.5 Å². The Kier molecular flexibility index (Phi) is 4.44. The number of aryl methyl sites for hydroxylation is 1. The lowest BCUT2D eigenvalue weighted by Crippen LogP contribution is -2.47. The van der Waals surface area contributed by atoms with Gasteiger partial charge in [-0.2, -0.15) is 5.10 Å². The maximum atomic E-state index is 11.4. The smallest absolute Gasteiger partial charge is 0.266 e. The van der Waals surface area contributed by atoms with Crippen molar-refractivity contribution in [3.05, 3.63) is 22.5 Å². The molecule has 1 aromatic rings. The van der Waals surface area contributed by atoms with Crippen LogP contribution >= 0.6 is 0 Å². The first kappa shape index (κ1) is 15.0. The fourth-order valence-electron chi connectivity index (χ4n) is 2.41. The molecule has 0 radical (unpaired) electrons. The topological polar surface area (TPSA) is 84.3 Å². The third-order valence-corrected chi connectivity index (χ3v) is 4.14. The van der Waals surface area contributed by atoms with Gasteiger partial charge < -0.3 is 4.90 Å². The summed E-state index contributed by atoms with van der Waals surface area (Å²) in [6.07, 6.45) is 4.18. The van der Waals surface area contributed by atoms with Crippen molar-refractivity contribution in [3.8, 4) is 0 Å². The van der Waals surface area contributed by atoms with Crippen molar-refractivity contribution in [2.24, 2.45) is 7.05 Å². The van der Waals surface area contributed by atoms with Gasteiger partial charge in [-0.1, -0.05) is 0 Å². The fraction of sp³-hybridized carbons (Fsp3) is 0.667. The summed E-state index contributed by atoms with van der Waals surface area (Å²) in [5, 5.41) is 4.24. The highest BCUT2D eigenvalue weighted by atomic mass is 32.2. The quantitative estimate of drug-likeness (QED) is 0.824. The molecule has 1 saturated heterocycles. The van der Waals surface area contributed by atoms with Crippen LogP contribution in [0.5, 0.6) is 0 Å². The monoisotopic (exact) mass is 300 g/mol. The second-order valence-electron chi connectivity index (χ2n) is 5.12. The molecule has 1 aliphatic rings. The number of sulfonamides is 1. The van der Waals surface area contributed by atoms with E-state index in [0.29, 0.717) is 12.4 Å². The molecule has 1 aromatic heterocycles. The summed E-state index contributed by atoms with van der Waals surface area (Å²) in [4.78, 5) is 13.5. The molecular formula is C12H20N4O3S. The molecule has 2 rings (SSSR count). The number of piperidine rings is 1. The molecule has 1 atom stereocenters. The average molecular weight is 300 g/mol. The number of anilines is 1. The first-order chi connectivity index (χ1) is 9.37. The van der Waals surface area contributed by atoms with Crippen LogP contribution in [0.4, 0.5) is 5.82 Å². The molecule has 0 bridgehead atoms. The van der Waals surface area contributed by atoms with E-state index in [9.17, 15) is 13.2 Å². The predicted octanol–water partition coefficient (Wildman–Crippen LogP) is -0.312. The molecule has 1 aliphatic heterocycles. The van der Waals surface area contributed by atoms with E-state index in [2.05, 4.69) is 14.7 Å². The lowest BCUT2D eigenvalue weighted by atomic mass is 10.0. The molecule has 0 amide bonds. The van der Waals surface area contributed by atoms with Crippen molar-refractivity contribution >= 4 is 15.8 Å². The van der Waals surface area contributed by atoms with Gasteiger partial charge in [-0.05, 0) is 25.3 Å². The Morgan fingerprint density at radius 2 is 2.15 bits per heavy atom. The molecule has 1 unspecified atom stereocenters. The second-order valence-corrected chi connectivity index (χ2v) is 6.95. The van der Waals surface area contributed by atoms with E-state index in [1.54, 1.807) is 13.1 Å². The molecule has 0 spiro atoms. The van der Waals surface area contributed by atoms with Gasteiger partial charge in [-0.15, -0.1) is 0 Å².